The van der Waals surface area contributed by atoms with Crippen LogP contribution in [-0.2, 0) is 4.79 Å². The number of hydrogen-bond acceptors (Lipinski definition) is 2. The zero-order chi connectivity index (χ0) is 17.9. The Morgan fingerprint density at radius 2 is 1.42 bits per heavy atom. The monoisotopic (exact) mass is 350 g/mol. The van der Waals surface area contributed by atoms with Crippen LogP contribution in [0.2, 0.25) is 0 Å². The van der Waals surface area contributed by atoms with Crippen molar-refractivity contribution >= 4 is 23.6 Å². The standard InChI is InChI=1S/C21H34O2S/c1-2-3-4-5-6-7-8-9-10-11-12-13-14-15-16-17-18-20(19-24)21(22)23/h3-4,6-7,9-10,19-20H,2,5,8,11-18H2,1H3,(H,22,23). The summed E-state index contributed by atoms with van der Waals surface area (Å²) in [5, 5.41) is 10.3. The van der Waals surface area contributed by atoms with Gasteiger partial charge in [-0.3, -0.25) is 4.79 Å². The van der Waals surface area contributed by atoms with E-state index in [2.05, 4.69) is 43.4 Å². The van der Waals surface area contributed by atoms with Gasteiger partial charge in [0.25, 0.3) is 0 Å². The maximum atomic E-state index is 10.8. The minimum absolute atomic E-state index is 0.443. The highest BCUT2D eigenvalue weighted by Gasteiger charge is 2.12. The largest absolute Gasteiger partial charge is 0.481 e. The van der Waals surface area contributed by atoms with E-state index in [9.17, 15) is 4.79 Å². The van der Waals surface area contributed by atoms with Crippen LogP contribution in [-0.4, -0.2) is 16.4 Å². The van der Waals surface area contributed by atoms with Crippen molar-refractivity contribution in [1.29, 1.82) is 0 Å². The number of thiocarbonyl (C=S) groups is 1. The van der Waals surface area contributed by atoms with Crippen LogP contribution in [0.25, 0.3) is 0 Å². The fraction of sp³-hybridized carbons (Fsp3) is 0.619. The summed E-state index contributed by atoms with van der Waals surface area (Å²) in [6.45, 7) is 2.15. The van der Waals surface area contributed by atoms with Crippen LogP contribution in [0.15, 0.2) is 36.5 Å². The number of carboxylic acids is 1. The predicted molar refractivity (Wildman–Crippen MR) is 109 cm³/mol. The Morgan fingerprint density at radius 3 is 2.00 bits per heavy atom. The van der Waals surface area contributed by atoms with Gasteiger partial charge in [0.15, 0.2) is 0 Å². The molecule has 1 unspecified atom stereocenters. The van der Waals surface area contributed by atoms with Gasteiger partial charge in [-0.2, -0.15) is 0 Å². The van der Waals surface area contributed by atoms with E-state index in [4.69, 9.17) is 17.3 Å². The molecule has 0 aromatic carbocycles. The highest BCUT2D eigenvalue weighted by molar-refractivity contribution is 7.79. The Balaban J connectivity index is 3.36. The Kier molecular flexibility index (Phi) is 17.2. The Morgan fingerprint density at radius 1 is 0.875 bits per heavy atom. The van der Waals surface area contributed by atoms with Crippen molar-refractivity contribution in [2.75, 3.05) is 0 Å². The molecule has 0 saturated carbocycles. The van der Waals surface area contributed by atoms with E-state index in [0.717, 1.165) is 38.5 Å². The normalized spacial score (nSPS) is 13.2. The molecule has 0 heterocycles. The van der Waals surface area contributed by atoms with Crippen molar-refractivity contribution in [3.63, 3.8) is 0 Å². The van der Waals surface area contributed by atoms with Crippen LogP contribution >= 0.6 is 12.2 Å². The van der Waals surface area contributed by atoms with Gasteiger partial charge < -0.3 is 5.11 Å². The molecule has 1 N–H and O–H groups in total. The maximum Gasteiger partial charge on any atom is 0.311 e. The molecule has 0 saturated heterocycles. The molecule has 0 aliphatic rings. The number of aliphatic carboxylic acids is 1. The summed E-state index contributed by atoms with van der Waals surface area (Å²) in [6, 6.07) is 0. The molecule has 0 rings (SSSR count). The topological polar surface area (TPSA) is 37.3 Å². The number of unbranched alkanes of at least 4 members (excludes halogenated alkanes) is 6. The first-order valence-electron chi connectivity index (χ1n) is 9.35. The molecule has 1 atom stereocenters. The maximum absolute atomic E-state index is 10.8. The van der Waals surface area contributed by atoms with Gasteiger partial charge in [-0.1, -0.05) is 87.7 Å². The summed E-state index contributed by atoms with van der Waals surface area (Å²) in [5.74, 6) is -1.23. The first kappa shape index (κ1) is 22.8. The Labute approximate surface area is 153 Å². The average molecular weight is 351 g/mol. The van der Waals surface area contributed by atoms with Crippen LogP contribution in [0.1, 0.15) is 77.6 Å². The fourth-order valence-electron chi connectivity index (χ4n) is 2.41. The molecule has 0 aliphatic heterocycles. The molecule has 2 nitrogen and oxygen atoms in total. The summed E-state index contributed by atoms with van der Waals surface area (Å²) in [7, 11) is 0. The summed E-state index contributed by atoms with van der Waals surface area (Å²) in [6.07, 6.45) is 25.4. The molecule has 0 amide bonds. The molecular weight excluding hydrogens is 316 g/mol. The van der Waals surface area contributed by atoms with Gasteiger partial charge in [0.05, 0.1) is 5.92 Å². The quantitative estimate of drug-likeness (QED) is 0.192. The molecule has 3 heteroatoms. The predicted octanol–water partition coefficient (Wildman–Crippen LogP) is 6.67. The second-order valence-corrected chi connectivity index (χ2v) is 6.35. The lowest BCUT2D eigenvalue weighted by Gasteiger charge is -2.05. The van der Waals surface area contributed by atoms with Crippen LogP contribution in [0.3, 0.4) is 0 Å². The van der Waals surface area contributed by atoms with Gasteiger partial charge in [-0.05, 0) is 43.9 Å². The van der Waals surface area contributed by atoms with E-state index < -0.39 is 11.9 Å². The number of carboxylic acid groups (broad SMARTS) is 1. The van der Waals surface area contributed by atoms with E-state index in [-0.39, 0.29) is 0 Å². The van der Waals surface area contributed by atoms with Crippen LogP contribution in [0.4, 0.5) is 0 Å². The van der Waals surface area contributed by atoms with Crippen molar-refractivity contribution in [3.05, 3.63) is 36.5 Å². The first-order chi connectivity index (χ1) is 11.7. The zero-order valence-electron chi connectivity index (χ0n) is 15.2. The van der Waals surface area contributed by atoms with Crippen LogP contribution < -0.4 is 0 Å². The smallest absolute Gasteiger partial charge is 0.311 e. The molecule has 0 radical (unpaired) electrons. The van der Waals surface area contributed by atoms with Crippen molar-refractivity contribution in [3.8, 4) is 0 Å². The zero-order valence-corrected chi connectivity index (χ0v) is 16.0. The van der Waals surface area contributed by atoms with E-state index in [1.807, 2.05) is 0 Å². The number of hydrogen-bond donors (Lipinski definition) is 1. The third kappa shape index (κ3) is 15.7. The minimum atomic E-state index is -0.788. The average Bonchev–Trinajstić information content (AvgIpc) is 2.57. The molecule has 0 aromatic rings. The molecule has 0 aliphatic carbocycles. The van der Waals surface area contributed by atoms with Crippen molar-refractivity contribution < 1.29 is 9.90 Å². The molecular formula is C21H34O2S. The third-order valence-electron chi connectivity index (χ3n) is 3.90. The minimum Gasteiger partial charge on any atom is -0.481 e. The van der Waals surface area contributed by atoms with Crippen LogP contribution in [0.5, 0.6) is 0 Å². The molecule has 24 heavy (non-hydrogen) atoms. The summed E-state index contributed by atoms with van der Waals surface area (Å²) >= 11 is 4.74. The van der Waals surface area contributed by atoms with E-state index in [0.29, 0.717) is 6.42 Å². The van der Waals surface area contributed by atoms with Crippen molar-refractivity contribution in [2.24, 2.45) is 5.92 Å². The molecule has 0 bridgehead atoms. The lowest BCUT2D eigenvalue weighted by atomic mass is 10.0. The van der Waals surface area contributed by atoms with Gasteiger partial charge in [0.1, 0.15) is 0 Å². The van der Waals surface area contributed by atoms with Crippen LogP contribution in [0, 0.1) is 5.92 Å². The Bertz CT molecular complexity index is 397. The van der Waals surface area contributed by atoms with Crippen molar-refractivity contribution in [2.45, 2.75) is 77.6 Å². The molecule has 0 aromatic heterocycles. The second kappa shape index (κ2) is 18.1. The second-order valence-electron chi connectivity index (χ2n) is 6.07. The first-order valence-corrected chi connectivity index (χ1v) is 9.82. The lowest BCUT2D eigenvalue weighted by Crippen LogP contribution is -2.13. The van der Waals surface area contributed by atoms with Gasteiger partial charge in [0.2, 0.25) is 0 Å². The van der Waals surface area contributed by atoms with E-state index >= 15 is 0 Å². The molecule has 136 valence electrons. The highest BCUT2D eigenvalue weighted by atomic mass is 32.1. The highest BCUT2D eigenvalue weighted by Crippen LogP contribution is 2.12. The van der Waals surface area contributed by atoms with Crippen molar-refractivity contribution in [1.82, 2.24) is 0 Å². The summed E-state index contributed by atoms with van der Waals surface area (Å²) in [4.78, 5) is 10.8. The van der Waals surface area contributed by atoms with Gasteiger partial charge in [0, 0.05) is 0 Å². The SMILES string of the molecule is CCC=CCC=CCC=CCCCCCCCCC(C=S)C(=O)O. The summed E-state index contributed by atoms with van der Waals surface area (Å²) in [5.41, 5.74) is 0. The molecule has 0 spiro atoms. The fourth-order valence-corrected chi connectivity index (χ4v) is 2.66. The summed E-state index contributed by atoms with van der Waals surface area (Å²) < 4.78 is 0. The third-order valence-corrected chi connectivity index (χ3v) is 4.23. The number of rotatable bonds is 16. The Hall–Kier alpha value is -1.22. The van der Waals surface area contributed by atoms with Gasteiger partial charge >= 0.3 is 5.97 Å². The number of carbonyl (C=O) groups is 1. The van der Waals surface area contributed by atoms with E-state index in [1.165, 1.54) is 31.1 Å². The van der Waals surface area contributed by atoms with E-state index in [1.54, 1.807) is 0 Å². The number of allylic oxidation sites excluding steroid dienone is 6. The van der Waals surface area contributed by atoms with Gasteiger partial charge in [-0.25, -0.2) is 0 Å². The van der Waals surface area contributed by atoms with Gasteiger partial charge in [-0.15, -0.1) is 0 Å². The molecule has 0 fully saturated rings. The lowest BCUT2D eigenvalue weighted by molar-refractivity contribution is -0.139.